The van der Waals surface area contributed by atoms with Crippen molar-refractivity contribution in [1.29, 1.82) is 0 Å². The first kappa shape index (κ1) is 16.0. The first-order chi connectivity index (χ1) is 12.6. The summed E-state index contributed by atoms with van der Waals surface area (Å²) in [7, 11) is 1.89. The average Bonchev–Trinajstić information content (AvgIpc) is 2.97. The molecule has 3 heterocycles. The average molecular weight is 342 g/mol. The van der Waals surface area contributed by atoms with Gasteiger partial charge in [0.25, 0.3) is 5.91 Å². The molecule has 5 nitrogen and oxygen atoms in total. The van der Waals surface area contributed by atoms with Crippen molar-refractivity contribution in [3.8, 4) is 11.1 Å². The van der Waals surface area contributed by atoms with Crippen LogP contribution < -0.4 is 5.32 Å². The maximum atomic E-state index is 12.8. The summed E-state index contributed by atoms with van der Waals surface area (Å²) in [5.74, 6) is 0.293. The van der Waals surface area contributed by atoms with Crippen LogP contribution in [0.3, 0.4) is 0 Å². The minimum atomic E-state index is -0.194. The summed E-state index contributed by atoms with van der Waals surface area (Å²) in [6.45, 7) is 2.01. The van der Waals surface area contributed by atoms with Crippen molar-refractivity contribution in [3.63, 3.8) is 0 Å². The number of amides is 1. The van der Waals surface area contributed by atoms with Gasteiger partial charge in [0.15, 0.2) is 5.65 Å². The number of rotatable bonds is 3. The van der Waals surface area contributed by atoms with Crippen LogP contribution in [-0.4, -0.2) is 20.4 Å². The molecule has 1 N–H and O–H groups in total. The molecule has 3 aromatic heterocycles. The highest BCUT2D eigenvalue weighted by atomic mass is 16.2. The minimum Gasteiger partial charge on any atom is -0.343 e. The summed E-state index contributed by atoms with van der Waals surface area (Å²) in [5, 5.41) is 3.81. The predicted octanol–water partition coefficient (Wildman–Crippen LogP) is 4.20. The van der Waals surface area contributed by atoms with Gasteiger partial charge in [-0.2, -0.15) is 0 Å². The topological polar surface area (TPSA) is 59.8 Å². The Kier molecular flexibility index (Phi) is 3.97. The molecule has 0 fully saturated rings. The molecule has 0 aliphatic heterocycles. The molecule has 0 aliphatic rings. The molecule has 4 aromatic rings. The van der Waals surface area contributed by atoms with Gasteiger partial charge >= 0.3 is 0 Å². The van der Waals surface area contributed by atoms with E-state index in [9.17, 15) is 4.79 Å². The SMILES string of the molecule is Cc1c(-c2ccccc2)cc(C(=O)Nc2ccc3cccnc3n2)n1C. The normalized spacial score (nSPS) is 10.8. The molecule has 0 spiro atoms. The van der Waals surface area contributed by atoms with E-state index in [0.29, 0.717) is 17.2 Å². The highest BCUT2D eigenvalue weighted by Gasteiger charge is 2.17. The number of nitrogens with zero attached hydrogens (tertiary/aromatic N) is 3. The van der Waals surface area contributed by atoms with Crippen LogP contribution in [0.1, 0.15) is 16.2 Å². The fourth-order valence-corrected chi connectivity index (χ4v) is 3.03. The van der Waals surface area contributed by atoms with Crippen LogP contribution in [0, 0.1) is 6.92 Å². The van der Waals surface area contributed by atoms with Gasteiger partial charge in [-0.1, -0.05) is 30.3 Å². The Hall–Kier alpha value is -3.47. The fraction of sp³-hybridized carbons (Fsp3) is 0.0952. The van der Waals surface area contributed by atoms with Gasteiger partial charge in [0, 0.05) is 29.9 Å². The van der Waals surface area contributed by atoms with E-state index in [4.69, 9.17) is 0 Å². The number of fused-ring (bicyclic) bond motifs is 1. The number of hydrogen-bond donors (Lipinski definition) is 1. The molecule has 0 saturated heterocycles. The van der Waals surface area contributed by atoms with Crippen molar-refractivity contribution < 1.29 is 4.79 Å². The first-order valence-corrected chi connectivity index (χ1v) is 8.38. The molecule has 0 saturated carbocycles. The monoisotopic (exact) mass is 342 g/mol. The molecular weight excluding hydrogens is 324 g/mol. The van der Waals surface area contributed by atoms with E-state index >= 15 is 0 Å². The van der Waals surface area contributed by atoms with Crippen molar-refractivity contribution in [2.45, 2.75) is 6.92 Å². The maximum Gasteiger partial charge on any atom is 0.273 e. The third-order valence-corrected chi connectivity index (χ3v) is 4.56. The Bertz CT molecular complexity index is 1100. The van der Waals surface area contributed by atoms with Crippen LogP contribution in [0.25, 0.3) is 22.2 Å². The van der Waals surface area contributed by atoms with Crippen LogP contribution in [0.15, 0.2) is 66.9 Å². The van der Waals surface area contributed by atoms with Crippen molar-refractivity contribution >= 4 is 22.8 Å². The fourth-order valence-electron chi connectivity index (χ4n) is 3.03. The van der Waals surface area contributed by atoms with E-state index in [1.165, 1.54) is 0 Å². The van der Waals surface area contributed by atoms with E-state index in [1.54, 1.807) is 12.3 Å². The summed E-state index contributed by atoms with van der Waals surface area (Å²) in [4.78, 5) is 21.4. The lowest BCUT2D eigenvalue weighted by Gasteiger charge is -2.07. The predicted molar refractivity (Wildman–Crippen MR) is 103 cm³/mol. The summed E-state index contributed by atoms with van der Waals surface area (Å²) in [6, 6.07) is 19.5. The third kappa shape index (κ3) is 2.84. The zero-order valence-corrected chi connectivity index (χ0v) is 14.6. The van der Waals surface area contributed by atoms with Crippen LogP contribution in [0.2, 0.25) is 0 Å². The highest BCUT2D eigenvalue weighted by Crippen LogP contribution is 2.26. The Labute approximate surface area is 151 Å². The summed E-state index contributed by atoms with van der Waals surface area (Å²) in [5.41, 5.74) is 4.37. The minimum absolute atomic E-state index is 0.194. The molecule has 1 amide bonds. The Balaban J connectivity index is 1.65. The Morgan fingerprint density at radius 3 is 2.65 bits per heavy atom. The van der Waals surface area contributed by atoms with Gasteiger partial charge in [-0.3, -0.25) is 4.79 Å². The molecule has 5 heteroatoms. The number of pyridine rings is 2. The number of carbonyl (C=O) groups excluding carboxylic acids is 1. The quantitative estimate of drug-likeness (QED) is 0.607. The van der Waals surface area contributed by atoms with E-state index < -0.39 is 0 Å². The zero-order valence-electron chi connectivity index (χ0n) is 14.6. The zero-order chi connectivity index (χ0) is 18.1. The lowest BCUT2D eigenvalue weighted by molar-refractivity contribution is 0.101. The molecule has 0 aliphatic carbocycles. The first-order valence-electron chi connectivity index (χ1n) is 8.38. The Morgan fingerprint density at radius 1 is 1.04 bits per heavy atom. The second-order valence-corrected chi connectivity index (χ2v) is 6.15. The number of nitrogens with one attached hydrogen (secondary N) is 1. The van der Waals surface area contributed by atoms with Crippen molar-refractivity contribution in [1.82, 2.24) is 14.5 Å². The lowest BCUT2D eigenvalue weighted by Crippen LogP contribution is -2.16. The summed E-state index contributed by atoms with van der Waals surface area (Å²) < 4.78 is 1.90. The van der Waals surface area contributed by atoms with Crippen LogP contribution in [0.4, 0.5) is 5.82 Å². The molecule has 0 bridgehead atoms. The lowest BCUT2D eigenvalue weighted by atomic mass is 10.1. The van der Waals surface area contributed by atoms with E-state index in [2.05, 4.69) is 15.3 Å². The molecule has 4 rings (SSSR count). The highest BCUT2D eigenvalue weighted by molar-refractivity contribution is 6.04. The summed E-state index contributed by atoms with van der Waals surface area (Å²) >= 11 is 0. The smallest absolute Gasteiger partial charge is 0.273 e. The second kappa shape index (κ2) is 6.44. The van der Waals surface area contributed by atoms with Gasteiger partial charge in [0.1, 0.15) is 11.5 Å². The van der Waals surface area contributed by atoms with E-state index in [0.717, 1.165) is 22.2 Å². The third-order valence-electron chi connectivity index (χ3n) is 4.56. The molecule has 128 valence electrons. The molecule has 1 aromatic carbocycles. The maximum absolute atomic E-state index is 12.8. The van der Waals surface area contributed by atoms with Gasteiger partial charge in [-0.25, -0.2) is 9.97 Å². The number of aromatic nitrogens is 3. The van der Waals surface area contributed by atoms with Gasteiger partial charge in [-0.05, 0) is 42.8 Å². The van der Waals surface area contributed by atoms with Gasteiger partial charge < -0.3 is 9.88 Å². The van der Waals surface area contributed by atoms with Crippen molar-refractivity contribution in [2.24, 2.45) is 7.05 Å². The molecule has 0 radical (unpaired) electrons. The van der Waals surface area contributed by atoms with Crippen LogP contribution in [-0.2, 0) is 7.05 Å². The Morgan fingerprint density at radius 2 is 1.85 bits per heavy atom. The van der Waals surface area contributed by atoms with Crippen molar-refractivity contribution in [2.75, 3.05) is 5.32 Å². The second-order valence-electron chi connectivity index (χ2n) is 6.15. The number of hydrogen-bond acceptors (Lipinski definition) is 3. The molecule has 0 atom stereocenters. The molecular formula is C21H18N4O. The number of carbonyl (C=O) groups is 1. The standard InChI is InChI=1S/C21H18N4O/c1-14-17(15-7-4-3-5-8-15)13-18(25(14)2)21(26)24-19-11-10-16-9-6-12-22-20(16)23-19/h3-13H,1-2H3,(H,22,23,24,26). The van der Waals surface area contributed by atoms with Gasteiger partial charge in [0.2, 0.25) is 0 Å². The molecule has 0 unspecified atom stereocenters. The van der Waals surface area contributed by atoms with E-state index in [-0.39, 0.29) is 5.91 Å². The number of benzene rings is 1. The molecule has 26 heavy (non-hydrogen) atoms. The van der Waals surface area contributed by atoms with Crippen molar-refractivity contribution in [3.05, 3.63) is 78.2 Å². The van der Waals surface area contributed by atoms with E-state index in [1.807, 2.05) is 73.1 Å². The van der Waals surface area contributed by atoms with Crippen LogP contribution >= 0.6 is 0 Å². The van der Waals surface area contributed by atoms with Crippen LogP contribution in [0.5, 0.6) is 0 Å². The van der Waals surface area contributed by atoms with Gasteiger partial charge in [0.05, 0.1) is 0 Å². The summed E-state index contributed by atoms with van der Waals surface area (Å²) in [6.07, 6.45) is 1.69. The van der Waals surface area contributed by atoms with Gasteiger partial charge in [-0.15, -0.1) is 0 Å². The largest absolute Gasteiger partial charge is 0.343 e. The number of anilines is 1.